The Morgan fingerprint density at radius 1 is 1.00 bits per heavy atom. The highest BCUT2D eigenvalue weighted by atomic mass is 35.5. The monoisotopic (exact) mass is 372 g/mol. The second-order valence-electron chi connectivity index (χ2n) is 5.35. The molecule has 25 heavy (non-hydrogen) atoms. The molecular weight excluding hydrogens is 350 g/mol. The van der Waals surface area contributed by atoms with E-state index in [2.05, 4.69) is 21.8 Å². The summed E-state index contributed by atoms with van der Waals surface area (Å²) in [6, 6.07) is 15.1. The smallest absolute Gasteiger partial charge is 0.387 e. The fourth-order valence-electron chi connectivity index (χ4n) is 2.50. The van der Waals surface area contributed by atoms with Gasteiger partial charge in [-0.3, -0.25) is 4.90 Å². The number of methoxy groups -OCH3 is 1. The van der Waals surface area contributed by atoms with Crippen molar-refractivity contribution in [3.05, 3.63) is 59.7 Å². The molecule has 0 bridgehead atoms. The van der Waals surface area contributed by atoms with Gasteiger partial charge in [0.15, 0.2) is 11.5 Å². The number of halogens is 3. The van der Waals surface area contributed by atoms with Crippen molar-refractivity contribution in [1.29, 1.82) is 0 Å². The minimum absolute atomic E-state index is 0. The van der Waals surface area contributed by atoms with Gasteiger partial charge in [-0.25, -0.2) is 0 Å². The van der Waals surface area contributed by atoms with E-state index in [1.807, 2.05) is 18.2 Å². The predicted molar refractivity (Wildman–Crippen MR) is 96.5 cm³/mol. The molecule has 0 heterocycles. The Labute approximate surface area is 152 Å². The molecule has 0 unspecified atom stereocenters. The second-order valence-corrected chi connectivity index (χ2v) is 5.35. The van der Waals surface area contributed by atoms with Crippen LogP contribution in [0, 0.1) is 0 Å². The number of benzene rings is 2. The van der Waals surface area contributed by atoms with E-state index in [1.54, 1.807) is 12.1 Å². The summed E-state index contributed by atoms with van der Waals surface area (Å²) in [6.45, 7) is -0.215. The van der Waals surface area contributed by atoms with Crippen molar-refractivity contribution in [3.8, 4) is 11.5 Å². The number of hydrogen-bond acceptors (Lipinski definition) is 4. The fraction of sp³-hybridized carbons (Fsp3) is 0.333. The van der Waals surface area contributed by atoms with Crippen molar-refractivity contribution in [2.45, 2.75) is 19.7 Å². The van der Waals surface area contributed by atoms with Gasteiger partial charge in [0.25, 0.3) is 0 Å². The standard InChI is InChI=1S/C18H22F2N2O2.ClH/c1-23-17-11-15(7-8-16(17)24-18(19)20)13-22(10-9-21)12-14-5-3-2-4-6-14;/h2-8,11,18H,9-10,12-13,21H2,1H3;1H. The molecule has 2 aromatic rings. The normalized spacial score (nSPS) is 10.6. The Morgan fingerprint density at radius 3 is 2.28 bits per heavy atom. The minimum atomic E-state index is -2.88. The Morgan fingerprint density at radius 2 is 1.68 bits per heavy atom. The summed E-state index contributed by atoms with van der Waals surface area (Å²) >= 11 is 0. The Balaban J connectivity index is 0.00000312. The number of hydrogen-bond donors (Lipinski definition) is 1. The van der Waals surface area contributed by atoms with Crippen LogP contribution in [0.5, 0.6) is 11.5 Å². The van der Waals surface area contributed by atoms with Gasteiger partial charge in [-0.05, 0) is 23.3 Å². The van der Waals surface area contributed by atoms with Crippen LogP contribution in [-0.2, 0) is 13.1 Å². The number of ether oxygens (including phenoxy) is 2. The first-order valence-corrected chi connectivity index (χ1v) is 7.70. The molecule has 0 aliphatic heterocycles. The largest absolute Gasteiger partial charge is 0.493 e. The van der Waals surface area contributed by atoms with Crippen molar-refractivity contribution in [2.24, 2.45) is 5.73 Å². The number of rotatable bonds is 9. The zero-order valence-electron chi connectivity index (χ0n) is 14.0. The van der Waals surface area contributed by atoms with Crippen LogP contribution >= 0.6 is 12.4 Å². The van der Waals surface area contributed by atoms with Gasteiger partial charge in [0.2, 0.25) is 0 Å². The van der Waals surface area contributed by atoms with Crippen molar-refractivity contribution in [1.82, 2.24) is 4.90 Å². The molecule has 0 aliphatic rings. The summed E-state index contributed by atoms with van der Waals surface area (Å²) < 4.78 is 34.4. The summed E-state index contributed by atoms with van der Waals surface area (Å²) in [5, 5.41) is 0. The third-order valence-corrected chi connectivity index (χ3v) is 3.54. The lowest BCUT2D eigenvalue weighted by Crippen LogP contribution is -2.28. The van der Waals surface area contributed by atoms with Crippen LogP contribution in [0.25, 0.3) is 0 Å². The molecule has 0 aliphatic carbocycles. The van der Waals surface area contributed by atoms with Gasteiger partial charge in [-0.1, -0.05) is 36.4 Å². The zero-order valence-corrected chi connectivity index (χ0v) is 14.8. The number of nitrogens with zero attached hydrogens (tertiary/aromatic N) is 1. The first-order chi connectivity index (χ1) is 11.6. The molecule has 0 amide bonds. The number of nitrogens with two attached hydrogens (primary N) is 1. The van der Waals surface area contributed by atoms with Crippen molar-refractivity contribution in [2.75, 3.05) is 20.2 Å². The van der Waals surface area contributed by atoms with E-state index in [0.717, 1.165) is 18.7 Å². The van der Waals surface area contributed by atoms with Gasteiger partial charge in [0, 0.05) is 26.2 Å². The van der Waals surface area contributed by atoms with Crippen molar-refractivity contribution < 1.29 is 18.3 Å². The highest BCUT2D eigenvalue weighted by Crippen LogP contribution is 2.30. The maximum atomic E-state index is 12.4. The van der Waals surface area contributed by atoms with Crippen LogP contribution in [0.3, 0.4) is 0 Å². The van der Waals surface area contributed by atoms with Crippen LogP contribution in [0.2, 0.25) is 0 Å². The highest BCUT2D eigenvalue weighted by molar-refractivity contribution is 5.85. The molecule has 2 aromatic carbocycles. The minimum Gasteiger partial charge on any atom is -0.493 e. The predicted octanol–water partition coefficient (Wildman–Crippen LogP) is 3.68. The fourth-order valence-corrected chi connectivity index (χ4v) is 2.50. The Kier molecular flexibility index (Phi) is 9.20. The van der Waals surface area contributed by atoms with Gasteiger partial charge >= 0.3 is 6.61 Å². The molecule has 0 spiro atoms. The molecule has 0 aromatic heterocycles. The second kappa shape index (κ2) is 10.9. The zero-order chi connectivity index (χ0) is 17.4. The highest BCUT2D eigenvalue weighted by Gasteiger charge is 2.13. The Hall–Kier alpha value is -1.89. The van der Waals surface area contributed by atoms with E-state index < -0.39 is 6.61 Å². The molecule has 0 saturated heterocycles. The van der Waals surface area contributed by atoms with Crippen LogP contribution in [0.15, 0.2) is 48.5 Å². The lowest BCUT2D eigenvalue weighted by Gasteiger charge is -2.22. The quantitative estimate of drug-likeness (QED) is 0.729. The first kappa shape index (κ1) is 21.2. The van der Waals surface area contributed by atoms with Crippen LogP contribution in [0.1, 0.15) is 11.1 Å². The average molecular weight is 373 g/mol. The van der Waals surface area contributed by atoms with E-state index in [1.165, 1.54) is 18.7 Å². The van der Waals surface area contributed by atoms with Gasteiger partial charge in [0.1, 0.15) is 0 Å². The van der Waals surface area contributed by atoms with E-state index in [-0.39, 0.29) is 18.2 Å². The molecule has 0 radical (unpaired) electrons. The molecule has 2 rings (SSSR count). The maximum Gasteiger partial charge on any atom is 0.387 e. The summed E-state index contributed by atoms with van der Waals surface area (Å²) in [4.78, 5) is 2.19. The van der Waals surface area contributed by atoms with Gasteiger partial charge in [-0.2, -0.15) is 8.78 Å². The molecule has 0 fully saturated rings. The summed E-state index contributed by atoms with van der Waals surface area (Å²) in [7, 11) is 1.43. The average Bonchev–Trinajstić information content (AvgIpc) is 2.57. The third kappa shape index (κ3) is 6.86. The van der Waals surface area contributed by atoms with Crippen molar-refractivity contribution in [3.63, 3.8) is 0 Å². The van der Waals surface area contributed by atoms with E-state index in [0.29, 0.717) is 18.8 Å². The molecule has 2 N–H and O–H groups in total. The van der Waals surface area contributed by atoms with Gasteiger partial charge < -0.3 is 15.2 Å². The van der Waals surface area contributed by atoms with Crippen LogP contribution in [0.4, 0.5) is 8.78 Å². The van der Waals surface area contributed by atoms with E-state index >= 15 is 0 Å². The van der Waals surface area contributed by atoms with Gasteiger partial charge in [0.05, 0.1) is 7.11 Å². The van der Waals surface area contributed by atoms with Crippen molar-refractivity contribution >= 4 is 12.4 Å². The Bertz CT molecular complexity index is 630. The first-order valence-electron chi connectivity index (χ1n) is 7.70. The topological polar surface area (TPSA) is 47.7 Å². The molecule has 7 heteroatoms. The summed E-state index contributed by atoms with van der Waals surface area (Å²) in [6.07, 6.45) is 0. The van der Waals surface area contributed by atoms with E-state index in [9.17, 15) is 8.78 Å². The summed E-state index contributed by atoms with van der Waals surface area (Å²) in [5.74, 6) is 0.324. The van der Waals surface area contributed by atoms with Crippen LogP contribution in [-0.4, -0.2) is 31.7 Å². The number of alkyl halides is 2. The lowest BCUT2D eigenvalue weighted by molar-refractivity contribution is -0.0512. The van der Waals surface area contributed by atoms with Gasteiger partial charge in [-0.15, -0.1) is 12.4 Å². The molecule has 138 valence electrons. The van der Waals surface area contributed by atoms with E-state index in [4.69, 9.17) is 10.5 Å². The SMILES string of the molecule is COc1cc(CN(CCN)Cc2ccccc2)ccc1OC(F)F.Cl. The molecular formula is C18H23ClF2N2O2. The van der Waals surface area contributed by atoms with Crippen LogP contribution < -0.4 is 15.2 Å². The molecule has 0 saturated carbocycles. The lowest BCUT2D eigenvalue weighted by atomic mass is 10.1. The summed E-state index contributed by atoms with van der Waals surface area (Å²) in [5.41, 5.74) is 7.83. The molecule has 0 atom stereocenters. The molecule has 4 nitrogen and oxygen atoms in total. The third-order valence-electron chi connectivity index (χ3n) is 3.54. The maximum absolute atomic E-state index is 12.4.